The number of carbonyl (C=O) groups is 1. The fourth-order valence-corrected chi connectivity index (χ4v) is 3.32. The Labute approximate surface area is 166 Å². The number of rotatable bonds is 5. The lowest BCUT2D eigenvalue weighted by Crippen LogP contribution is -2.27. The third-order valence-corrected chi connectivity index (χ3v) is 4.88. The molecule has 1 atom stereocenters. The van der Waals surface area contributed by atoms with Crippen molar-refractivity contribution in [3.63, 3.8) is 0 Å². The molecule has 2 heterocycles. The topological polar surface area (TPSA) is 97.7 Å². The largest absolute Gasteiger partial charge is 0.493 e. The van der Waals surface area contributed by atoms with Gasteiger partial charge in [0.25, 0.3) is 11.5 Å². The number of ether oxygens (including phenoxy) is 2. The van der Waals surface area contributed by atoms with E-state index in [1.807, 2.05) is 25.1 Å². The van der Waals surface area contributed by atoms with Gasteiger partial charge in [0, 0.05) is 0 Å². The van der Waals surface area contributed by atoms with Crippen LogP contribution in [0.15, 0.2) is 53.5 Å². The molecule has 0 aliphatic rings. The van der Waals surface area contributed by atoms with Crippen molar-refractivity contribution >= 4 is 22.5 Å². The van der Waals surface area contributed by atoms with Gasteiger partial charge < -0.3 is 19.8 Å². The maximum Gasteiger partial charge on any atom is 0.259 e. The summed E-state index contributed by atoms with van der Waals surface area (Å²) in [6, 6.07) is 12.3. The molecule has 0 bridgehead atoms. The molecule has 0 saturated heterocycles. The fourth-order valence-electron chi connectivity index (χ4n) is 3.32. The Morgan fingerprint density at radius 2 is 1.90 bits per heavy atom. The molecule has 8 heteroatoms. The highest BCUT2D eigenvalue weighted by molar-refractivity contribution is 6.00. The van der Waals surface area contributed by atoms with Gasteiger partial charge >= 0.3 is 0 Å². The van der Waals surface area contributed by atoms with E-state index in [1.54, 1.807) is 43.0 Å². The van der Waals surface area contributed by atoms with Crippen molar-refractivity contribution in [2.45, 2.75) is 13.0 Å². The molecule has 29 heavy (non-hydrogen) atoms. The number of fused-ring (bicyclic) bond motifs is 3. The lowest BCUT2D eigenvalue weighted by molar-refractivity contribution is 0.0941. The summed E-state index contributed by atoms with van der Waals surface area (Å²) in [6.07, 6.45) is 1.45. The van der Waals surface area contributed by atoms with Gasteiger partial charge in [-0.1, -0.05) is 18.2 Å². The molecule has 8 nitrogen and oxygen atoms in total. The molecule has 2 aromatic carbocycles. The van der Waals surface area contributed by atoms with E-state index in [4.69, 9.17) is 9.47 Å². The van der Waals surface area contributed by atoms with Gasteiger partial charge in [-0.05, 0) is 36.8 Å². The van der Waals surface area contributed by atoms with Crippen molar-refractivity contribution in [1.29, 1.82) is 0 Å². The smallest absolute Gasteiger partial charge is 0.259 e. The van der Waals surface area contributed by atoms with Crippen molar-refractivity contribution in [1.82, 2.24) is 19.9 Å². The van der Waals surface area contributed by atoms with Crippen LogP contribution in [0.5, 0.6) is 11.5 Å². The summed E-state index contributed by atoms with van der Waals surface area (Å²) >= 11 is 0. The maximum absolute atomic E-state index is 12.9. The van der Waals surface area contributed by atoms with Gasteiger partial charge in [0.2, 0.25) is 0 Å². The summed E-state index contributed by atoms with van der Waals surface area (Å²) in [6.45, 7) is 1.86. The SMILES string of the molecule is COc1ccc(C(C)NC(=O)c2cnn3c2[nH]c(=O)c2ccccc23)cc1OC. The molecule has 0 aliphatic heterocycles. The molecule has 0 fully saturated rings. The lowest BCUT2D eigenvalue weighted by Gasteiger charge is -2.16. The monoisotopic (exact) mass is 392 g/mol. The van der Waals surface area contributed by atoms with Crippen molar-refractivity contribution in [2.75, 3.05) is 14.2 Å². The van der Waals surface area contributed by atoms with Crippen LogP contribution in [-0.4, -0.2) is 34.7 Å². The highest BCUT2D eigenvalue weighted by Crippen LogP contribution is 2.30. The van der Waals surface area contributed by atoms with Gasteiger partial charge in [-0.15, -0.1) is 0 Å². The number of nitrogens with zero attached hydrogens (tertiary/aromatic N) is 2. The van der Waals surface area contributed by atoms with E-state index in [0.717, 1.165) is 5.56 Å². The molecule has 1 amide bonds. The van der Waals surface area contributed by atoms with Gasteiger partial charge in [0.05, 0.1) is 37.4 Å². The zero-order valence-corrected chi connectivity index (χ0v) is 16.2. The van der Waals surface area contributed by atoms with Gasteiger partial charge in [0.15, 0.2) is 11.5 Å². The third kappa shape index (κ3) is 3.18. The van der Waals surface area contributed by atoms with Crippen LogP contribution in [0.3, 0.4) is 0 Å². The Morgan fingerprint density at radius 3 is 2.66 bits per heavy atom. The summed E-state index contributed by atoms with van der Waals surface area (Å²) in [7, 11) is 3.13. The Morgan fingerprint density at radius 1 is 1.14 bits per heavy atom. The second kappa shape index (κ2) is 7.31. The van der Waals surface area contributed by atoms with Crippen LogP contribution in [0.4, 0.5) is 0 Å². The minimum Gasteiger partial charge on any atom is -0.493 e. The van der Waals surface area contributed by atoms with E-state index in [9.17, 15) is 9.59 Å². The second-order valence-electron chi connectivity index (χ2n) is 6.60. The quantitative estimate of drug-likeness (QED) is 0.544. The van der Waals surface area contributed by atoms with Crippen LogP contribution in [0, 0.1) is 0 Å². The molecule has 4 aromatic rings. The van der Waals surface area contributed by atoms with Gasteiger partial charge in [-0.25, -0.2) is 4.52 Å². The van der Waals surface area contributed by atoms with Crippen LogP contribution in [-0.2, 0) is 0 Å². The molecule has 0 saturated carbocycles. The highest BCUT2D eigenvalue weighted by Gasteiger charge is 2.19. The Balaban J connectivity index is 1.67. The molecule has 4 rings (SSSR count). The molecule has 0 radical (unpaired) electrons. The highest BCUT2D eigenvalue weighted by atomic mass is 16.5. The number of para-hydroxylation sites is 1. The number of carbonyl (C=O) groups excluding carboxylic acids is 1. The number of hydrogen-bond acceptors (Lipinski definition) is 5. The first kappa shape index (κ1) is 18.5. The van der Waals surface area contributed by atoms with E-state index in [-0.39, 0.29) is 17.5 Å². The Kier molecular flexibility index (Phi) is 4.67. The van der Waals surface area contributed by atoms with Crippen LogP contribution < -0.4 is 20.3 Å². The molecular formula is C21H20N4O4. The average Bonchev–Trinajstić information content (AvgIpc) is 3.17. The van der Waals surface area contributed by atoms with Crippen molar-refractivity contribution in [3.05, 3.63) is 70.1 Å². The van der Waals surface area contributed by atoms with Gasteiger partial charge in [0.1, 0.15) is 11.2 Å². The molecule has 0 spiro atoms. The Hall–Kier alpha value is -3.81. The zero-order valence-electron chi connectivity index (χ0n) is 16.2. The molecule has 2 N–H and O–H groups in total. The fraction of sp³-hybridized carbons (Fsp3) is 0.190. The number of nitrogens with one attached hydrogen (secondary N) is 2. The summed E-state index contributed by atoms with van der Waals surface area (Å²) < 4.78 is 12.1. The van der Waals surface area contributed by atoms with Crippen molar-refractivity contribution < 1.29 is 14.3 Å². The minimum absolute atomic E-state index is 0.268. The number of benzene rings is 2. The number of aromatic nitrogens is 3. The summed E-state index contributed by atoms with van der Waals surface area (Å²) in [4.78, 5) is 28.0. The van der Waals surface area contributed by atoms with Gasteiger partial charge in [-0.3, -0.25) is 9.59 Å². The summed E-state index contributed by atoms with van der Waals surface area (Å²) in [5.41, 5.74) is 1.87. The Bertz CT molecular complexity index is 1270. The minimum atomic E-state index is -0.340. The third-order valence-electron chi connectivity index (χ3n) is 4.88. The zero-order chi connectivity index (χ0) is 20.5. The predicted molar refractivity (Wildman–Crippen MR) is 109 cm³/mol. The van der Waals surface area contributed by atoms with Crippen LogP contribution in [0.1, 0.15) is 28.9 Å². The standard InChI is InChI=1S/C21H20N4O4/c1-12(13-8-9-17(28-2)18(10-13)29-3)23-21(27)15-11-22-25-16-7-5-4-6-14(16)20(26)24-19(15)25/h4-12H,1-3H3,(H,23,27)(H,24,26). The predicted octanol–water partition coefficient (Wildman–Crippen LogP) is 2.68. The summed E-state index contributed by atoms with van der Waals surface area (Å²) in [5.74, 6) is 0.855. The van der Waals surface area contributed by atoms with E-state index in [2.05, 4.69) is 15.4 Å². The van der Waals surface area contributed by atoms with Crippen molar-refractivity contribution in [2.24, 2.45) is 0 Å². The van der Waals surface area contributed by atoms with Crippen molar-refractivity contribution in [3.8, 4) is 11.5 Å². The van der Waals surface area contributed by atoms with E-state index >= 15 is 0 Å². The molecule has 1 unspecified atom stereocenters. The first-order valence-corrected chi connectivity index (χ1v) is 9.05. The number of methoxy groups -OCH3 is 2. The van der Waals surface area contributed by atoms with Crippen LogP contribution in [0.25, 0.3) is 16.6 Å². The lowest BCUT2D eigenvalue weighted by atomic mass is 10.1. The van der Waals surface area contributed by atoms with E-state index in [1.165, 1.54) is 6.20 Å². The average molecular weight is 392 g/mol. The molecule has 0 aliphatic carbocycles. The molecular weight excluding hydrogens is 372 g/mol. The molecule has 148 valence electrons. The number of aromatic amines is 1. The number of amides is 1. The normalized spacial score (nSPS) is 12.1. The number of H-pyrrole nitrogens is 1. The van der Waals surface area contributed by atoms with E-state index in [0.29, 0.717) is 33.6 Å². The summed E-state index contributed by atoms with van der Waals surface area (Å²) in [5, 5.41) is 7.73. The van der Waals surface area contributed by atoms with Gasteiger partial charge in [-0.2, -0.15) is 5.10 Å². The molecule has 2 aromatic heterocycles. The maximum atomic E-state index is 12.9. The first-order chi connectivity index (χ1) is 14.0. The van der Waals surface area contributed by atoms with Crippen LogP contribution >= 0.6 is 0 Å². The van der Waals surface area contributed by atoms with E-state index < -0.39 is 0 Å². The van der Waals surface area contributed by atoms with Crippen LogP contribution in [0.2, 0.25) is 0 Å². The number of hydrogen-bond donors (Lipinski definition) is 2. The first-order valence-electron chi connectivity index (χ1n) is 9.05. The second-order valence-corrected chi connectivity index (χ2v) is 6.60.